The molecule has 1 saturated heterocycles. The third-order valence-corrected chi connectivity index (χ3v) is 4.47. The standard InChI is InChI=1S/C18H29N3O2.2ClH/c1-13(2)21(4)12-16-8-6-5-7-15(16)11-20-18(22)17-14(3)23-10-9-19-17;;/h5-8,13-14,17,19H,9-12H2,1-4H3,(H,20,22);2*1H/t14-,17+;;/m1../s1. The first-order valence-corrected chi connectivity index (χ1v) is 8.38. The third kappa shape index (κ3) is 7.12. The average Bonchev–Trinajstić information content (AvgIpc) is 2.54. The summed E-state index contributed by atoms with van der Waals surface area (Å²) < 4.78 is 5.54. The Hall–Kier alpha value is -0.850. The van der Waals surface area contributed by atoms with Crippen LogP contribution in [0.3, 0.4) is 0 Å². The van der Waals surface area contributed by atoms with Gasteiger partial charge in [-0.25, -0.2) is 0 Å². The maximum absolute atomic E-state index is 12.4. The second kappa shape index (κ2) is 11.7. The fourth-order valence-corrected chi connectivity index (χ4v) is 2.66. The highest BCUT2D eigenvalue weighted by atomic mass is 35.5. The summed E-state index contributed by atoms with van der Waals surface area (Å²) in [7, 11) is 2.12. The summed E-state index contributed by atoms with van der Waals surface area (Å²) in [6, 6.07) is 8.50. The van der Waals surface area contributed by atoms with Gasteiger partial charge in [-0.05, 0) is 38.9 Å². The quantitative estimate of drug-likeness (QED) is 0.781. The number of carbonyl (C=O) groups excluding carboxylic acids is 1. The van der Waals surface area contributed by atoms with Crippen molar-refractivity contribution in [1.29, 1.82) is 0 Å². The van der Waals surface area contributed by atoms with Gasteiger partial charge in [-0.1, -0.05) is 24.3 Å². The molecule has 2 rings (SSSR count). The van der Waals surface area contributed by atoms with Crippen LogP contribution in [0.2, 0.25) is 0 Å². The Morgan fingerprint density at radius 1 is 1.32 bits per heavy atom. The van der Waals surface area contributed by atoms with E-state index in [2.05, 4.69) is 48.6 Å². The lowest BCUT2D eigenvalue weighted by atomic mass is 10.1. The molecule has 1 heterocycles. The number of nitrogens with one attached hydrogen (secondary N) is 2. The average molecular weight is 392 g/mol. The van der Waals surface area contributed by atoms with Gasteiger partial charge in [0.1, 0.15) is 6.04 Å². The Kier molecular flexibility index (Phi) is 11.3. The highest BCUT2D eigenvalue weighted by molar-refractivity contribution is 5.85. The molecule has 7 heteroatoms. The van der Waals surface area contributed by atoms with Crippen molar-refractivity contribution in [1.82, 2.24) is 15.5 Å². The molecule has 144 valence electrons. The van der Waals surface area contributed by atoms with E-state index in [1.807, 2.05) is 19.1 Å². The maximum Gasteiger partial charge on any atom is 0.240 e. The summed E-state index contributed by atoms with van der Waals surface area (Å²) in [6.07, 6.45) is -0.0916. The van der Waals surface area contributed by atoms with Crippen molar-refractivity contribution in [2.45, 2.75) is 52.0 Å². The van der Waals surface area contributed by atoms with E-state index < -0.39 is 0 Å². The van der Waals surface area contributed by atoms with E-state index in [0.29, 0.717) is 19.2 Å². The fraction of sp³-hybridized carbons (Fsp3) is 0.611. The monoisotopic (exact) mass is 391 g/mol. The van der Waals surface area contributed by atoms with Crippen LogP contribution in [0.1, 0.15) is 31.9 Å². The van der Waals surface area contributed by atoms with Gasteiger partial charge in [0.05, 0.1) is 12.7 Å². The topological polar surface area (TPSA) is 53.6 Å². The third-order valence-electron chi connectivity index (χ3n) is 4.47. The van der Waals surface area contributed by atoms with E-state index >= 15 is 0 Å². The molecular formula is C18H31Cl2N3O2. The highest BCUT2D eigenvalue weighted by Gasteiger charge is 2.28. The van der Waals surface area contributed by atoms with Gasteiger partial charge in [0.25, 0.3) is 0 Å². The number of halogens is 2. The Labute approximate surface area is 163 Å². The summed E-state index contributed by atoms with van der Waals surface area (Å²) in [5.74, 6) is 0.00390. The number of hydrogen-bond acceptors (Lipinski definition) is 4. The van der Waals surface area contributed by atoms with Crippen molar-refractivity contribution in [3.05, 3.63) is 35.4 Å². The number of morpholine rings is 1. The lowest BCUT2D eigenvalue weighted by Gasteiger charge is -2.29. The molecule has 0 aliphatic carbocycles. The number of benzene rings is 1. The molecule has 25 heavy (non-hydrogen) atoms. The van der Waals surface area contributed by atoms with E-state index in [1.54, 1.807) is 0 Å². The molecule has 2 N–H and O–H groups in total. The van der Waals surface area contributed by atoms with E-state index in [-0.39, 0.29) is 42.9 Å². The van der Waals surface area contributed by atoms with Crippen molar-refractivity contribution in [2.24, 2.45) is 0 Å². The Bertz CT molecular complexity index is 529. The maximum atomic E-state index is 12.4. The van der Waals surface area contributed by atoms with Crippen LogP contribution in [0.5, 0.6) is 0 Å². The number of amides is 1. The molecule has 0 saturated carbocycles. The van der Waals surface area contributed by atoms with Crippen molar-refractivity contribution >= 4 is 30.7 Å². The van der Waals surface area contributed by atoms with Crippen LogP contribution >= 0.6 is 24.8 Å². The predicted molar refractivity (Wildman–Crippen MR) is 107 cm³/mol. The number of rotatable bonds is 6. The summed E-state index contributed by atoms with van der Waals surface area (Å²) >= 11 is 0. The number of carbonyl (C=O) groups is 1. The van der Waals surface area contributed by atoms with E-state index in [4.69, 9.17) is 4.74 Å². The zero-order valence-corrected chi connectivity index (χ0v) is 17.1. The lowest BCUT2D eigenvalue weighted by Crippen LogP contribution is -2.55. The highest BCUT2D eigenvalue weighted by Crippen LogP contribution is 2.13. The van der Waals surface area contributed by atoms with Gasteiger partial charge >= 0.3 is 0 Å². The normalized spacial score (nSPS) is 19.9. The van der Waals surface area contributed by atoms with Crippen molar-refractivity contribution in [3.63, 3.8) is 0 Å². The van der Waals surface area contributed by atoms with Gasteiger partial charge in [0.2, 0.25) is 5.91 Å². The van der Waals surface area contributed by atoms with Crippen LogP contribution in [-0.4, -0.2) is 49.2 Å². The smallest absolute Gasteiger partial charge is 0.240 e. The first-order valence-electron chi connectivity index (χ1n) is 8.38. The van der Waals surface area contributed by atoms with Crippen molar-refractivity contribution in [2.75, 3.05) is 20.2 Å². The Balaban J connectivity index is 0.00000288. The van der Waals surface area contributed by atoms with Crippen molar-refractivity contribution < 1.29 is 9.53 Å². The molecule has 1 aromatic carbocycles. The van der Waals surface area contributed by atoms with Gasteiger partial charge < -0.3 is 15.4 Å². The predicted octanol–water partition coefficient (Wildman–Crippen LogP) is 2.36. The summed E-state index contributed by atoms with van der Waals surface area (Å²) in [4.78, 5) is 14.7. The van der Waals surface area contributed by atoms with Crippen LogP contribution < -0.4 is 10.6 Å². The molecule has 1 aliphatic heterocycles. The van der Waals surface area contributed by atoms with Gasteiger partial charge in [0.15, 0.2) is 0 Å². The van der Waals surface area contributed by atoms with E-state index in [1.165, 1.54) is 5.56 Å². The molecule has 5 nitrogen and oxygen atoms in total. The first-order chi connectivity index (χ1) is 11.0. The molecule has 0 unspecified atom stereocenters. The number of nitrogens with zero attached hydrogens (tertiary/aromatic N) is 1. The second-order valence-electron chi connectivity index (χ2n) is 6.50. The van der Waals surface area contributed by atoms with Crippen molar-refractivity contribution in [3.8, 4) is 0 Å². The molecule has 1 aromatic rings. The summed E-state index contributed by atoms with van der Waals surface area (Å²) in [5.41, 5.74) is 2.42. The van der Waals surface area contributed by atoms with Crippen LogP contribution in [0.25, 0.3) is 0 Å². The summed E-state index contributed by atoms with van der Waals surface area (Å²) in [5, 5.41) is 6.26. The van der Waals surface area contributed by atoms with E-state index in [9.17, 15) is 4.79 Å². The van der Waals surface area contributed by atoms with Crippen LogP contribution in [0, 0.1) is 0 Å². The minimum absolute atomic E-state index is 0. The molecule has 2 atom stereocenters. The molecule has 0 spiro atoms. The first kappa shape index (κ1) is 24.1. The number of ether oxygens (including phenoxy) is 1. The van der Waals surface area contributed by atoms with Crippen LogP contribution in [-0.2, 0) is 22.6 Å². The molecule has 0 bridgehead atoms. The van der Waals surface area contributed by atoms with Gasteiger partial charge in [0, 0.05) is 25.7 Å². The van der Waals surface area contributed by atoms with Gasteiger partial charge in [-0.2, -0.15) is 0 Å². The van der Waals surface area contributed by atoms with Gasteiger partial charge in [-0.3, -0.25) is 9.69 Å². The molecule has 0 radical (unpaired) electrons. The molecule has 1 amide bonds. The lowest BCUT2D eigenvalue weighted by molar-refractivity contribution is -0.129. The fourth-order valence-electron chi connectivity index (χ4n) is 2.66. The van der Waals surface area contributed by atoms with Gasteiger partial charge in [-0.15, -0.1) is 24.8 Å². The molecule has 1 fully saturated rings. The zero-order valence-electron chi connectivity index (χ0n) is 15.5. The SMILES string of the molecule is CC(C)N(C)Cc1ccccc1CNC(=O)[C@H]1NCCO[C@@H]1C.Cl.Cl. The van der Waals surface area contributed by atoms with Crippen LogP contribution in [0.4, 0.5) is 0 Å². The minimum atomic E-state index is -0.269. The Morgan fingerprint density at radius 2 is 1.96 bits per heavy atom. The molecule has 0 aromatic heterocycles. The van der Waals surface area contributed by atoms with E-state index in [0.717, 1.165) is 18.7 Å². The largest absolute Gasteiger partial charge is 0.375 e. The second-order valence-corrected chi connectivity index (χ2v) is 6.50. The minimum Gasteiger partial charge on any atom is -0.375 e. The number of hydrogen-bond donors (Lipinski definition) is 2. The zero-order chi connectivity index (χ0) is 16.8. The Morgan fingerprint density at radius 3 is 2.56 bits per heavy atom. The van der Waals surface area contributed by atoms with Crippen LogP contribution in [0.15, 0.2) is 24.3 Å². The molecule has 1 aliphatic rings. The summed E-state index contributed by atoms with van der Waals surface area (Å²) in [6.45, 7) is 9.10. The molecular weight excluding hydrogens is 361 g/mol.